The summed E-state index contributed by atoms with van der Waals surface area (Å²) in [7, 11) is 0. The molecule has 0 unspecified atom stereocenters. The fourth-order valence-electron chi connectivity index (χ4n) is 1.55. The highest BCUT2D eigenvalue weighted by molar-refractivity contribution is 9.10. The highest BCUT2D eigenvalue weighted by Crippen LogP contribution is 2.10. The Morgan fingerprint density at radius 3 is 2.58 bits per heavy atom. The summed E-state index contributed by atoms with van der Waals surface area (Å²) in [6, 6.07) is 9.84. The summed E-state index contributed by atoms with van der Waals surface area (Å²) < 4.78 is 2.07. The molecule has 5 nitrogen and oxygen atoms in total. The summed E-state index contributed by atoms with van der Waals surface area (Å²) in [5.41, 5.74) is 6.60. The first kappa shape index (κ1) is 13.4. The van der Waals surface area contributed by atoms with Crippen LogP contribution in [0.1, 0.15) is 0 Å². The quantitative estimate of drug-likeness (QED) is 0.847. The highest BCUT2D eigenvalue weighted by Gasteiger charge is 2.05. The third-order valence-corrected chi connectivity index (χ3v) is 2.92. The van der Waals surface area contributed by atoms with Gasteiger partial charge in [-0.05, 0) is 46.3 Å². The lowest BCUT2D eigenvalue weighted by Crippen LogP contribution is -2.26. The molecule has 0 atom stereocenters. The van der Waals surface area contributed by atoms with E-state index in [4.69, 9.17) is 5.73 Å². The predicted molar refractivity (Wildman–Crippen MR) is 77.9 cm³/mol. The van der Waals surface area contributed by atoms with Crippen LogP contribution in [0, 0.1) is 0 Å². The molecule has 19 heavy (non-hydrogen) atoms. The molecule has 1 heterocycles. The van der Waals surface area contributed by atoms with E-state index in [0.717, 1.165) is 4.47 Å². The van der Waals surface area contributed by atoms with Crippen molar-refractivity contribution in [1.29, 1.82) is 0 Å². The zero-order valence-corrected chi connectivity index (χ0v) is 11.6. The van der Waals surface area contributed by atoms with Crippen LogP contribution in [0.2, 0.25) is 0 Å². The number of hydrogen-bond donors (Lipinski definition) is 2. The fraction of sp³-hybridized carbons (Fsp3) is 0.0769. The SMILES string of the molecule is Nc1ccc(NC(=O)Cn2cc(Br)ccc2=O)cc1. The average Bonchev–Trinajstić information content (AvgIpc) is 2.37. The third kappa shape index (κ3) is 3.69. The number of aromatic nitrogens is 1. The Hall–Kier alpha value is -2.08. The number of amides is 1. The normalized spacial score (nSPS) is 10.2. The molecule has 0 saturated heterocycles. The second-order valence-corrected chi connectivity index (χ2v) is 4.90. The van der Waals surface area contributed by atoms with Crippen molar-refractivity contribution in [1.82, 2.24) is 4.57 Å². The molecule has 0 spiro atoms. The van der Waals surface area contributed by atoms with Crippen LogP contribution in [0.5, 0.6) is 0 Å². The number of hydrogen-bond acceptors (Lipinski definition) is 3. The number of benzene rings is 1. The molecular formula is C13H12BrN3O2. The first-order valence-electron chi connectivity index (χ1n) is 5.56. The van der Waals surface area contributed by atoms with Gasteiger partial charge < -0.3 is 15.6 Å². The van der Waals surface area contributed by atoms with Gasteiger partial charge in [0.2, 0.25) is 5.91 Å². The van der Waals surface area contributed by atoms with Crippen LogP contribution in [0.25, 0.3) is 0 Å². The molecule has 3 N–H and O–H groups in total. The third-order valence-electron chi connectivity index (χ3n) is 2.46. The zero-order chi connectivity index (χ0) is 13.8. The predicted octanol–water partition coefficient (Wildman–Crippen LogP) is 1.83. The van der Waals surface area contributed by atoms with Crippen molar-refractivity contribution in [2.24, 2.45) is 0 Å². The standard InChI is InChI=1S/C13H12BrN3O2/c14-9-1-6-13(19)17(7-9)8-12(18)16-11-4-2-10(15)3-5-11/h1-7H,8,15H2,(H,16,18). The van der Waals surface area contributed by atoms with E-state index in [1.165, 1.54) is 10.6 Å². The number of nitrogen functional groups attached to an aromatic ring is 1. The molecule has 6 heteroatoms. The molecule has 0 bridgehead atoms. The first-order valence-corrected chi connectivity index (χ1v) is 6.35. The maximum Gasteiger partial charge on any atom is 0.251 e. The Balaban J connectivity index is 2.07. The van der Waals surface area contributed by atoms with Gasteiger partial charge in [0, 0.05) is 28.1 Å². The van der Waals surface area contributed by atoms with Crippen molar-refractivity contribution >= 4 is 33.2 Å². The van der Waals surface area contributed by atoms with Gasteiger partial charge in [-0.15, -0.1) is 0 Å². The second-order valence-electron chi connectivity index (χ2n) is 3.98. The van der Waals surface area contributed by atoms with Crippen molar-refractivity contribution < 1.29 is 4.79 Å². The van der Waals surface area contributed by atoms with Crippen molar-refractivity contribution in [3.05, 3.63) is 57.4 Å². The summed E-state index contributed by atoms with van der Waals surface area (Å²) in [4.78, 5) is 23.4. The van der Waals surface area contributed by atoms with Crippen LogP contribution in [-0.2, 0) is 11.3 Å². The minimum atomic E-state index is -0.273. The molecule has 0 radical (unpaired) electrons. The number of nitrogens with zero attached hydrogens (tertiary/aromatic N) is 1. The van der Waals surface area contributed by atoms with Crippen LogP contribution in [0.4, 0.5) is 11.4 Å². The summed E-state index contributed by atoms with van der Waals surface area (Å²) in [5.74, 6) is -0.273. The van der Waals surface area contributed by atoms with Gasteiger partial charge in [0.05, 0.1) is 0 Å². The average molecular weight is 322 g/mol. The molecule has 0 aliphatic heterocycles. The fourth-order valence-corrected chi connectivity index (χ4v) is 1.93. The van der Waals surface area contributed by atoms with E-state index in [2.05, 4.69) is 21.2 Å². The molecule has 2 aromatic rings. The van der Waals surface area contributed by atoms with Gasteiger partial charge in [0.25, 0.3) is 5.56 Å². The van der Waals surface area contributed by atoms with Crippen LogP contribution < -0.4 is 16.6 Å². The number of halogens is 1. The van der Waals surface area contributed by atoms with Gasteiger partial charge in [-0.3, -0.25) is 9.59 Å². The van der Waals surface area contributed by atoms with E-state index >= 15 is 0 Å². The minimum Gasteiger partial charge on any atom is -0.399 e. The monoisotopic (exact) mass is 321 g/mol. The zero-order valence-electron chi connectivity index (χ0n) is 9.97. The van der Waals surface area contributed by atoms with Gasteiger partial charge in [-0.25, -0.2) is 0 Å². The van der Waals surface area contributed by atoms with Gasteiger partial charge in [0.1, 0.15) is 6.54 Å². The van der Waals surface area contributed by atoms with E-state index in [1.54, 1.807) is 36.5 Å². The Labute approximate surface area is 118 Å². The Morgan fingerprint density at radius 1 is 1.21 bits per heavy atom. The van der Waals surface area contributed by atoms with Crippen LogP contribution in [0.3, 0.4) is 0 Å². The van der Waals surface area contributed by atoms with Crippen LogP contribution in [0.15, 0.2) is 51.9 Å². The molecule has 0 aliphatic rings. The van der Waals surface area contributed by atoms with Crippen LogP contribution >= 0.6 is 15.9 Å². The molecule has 98 valence electrons. The highest BCUT2D eigenvalue weighted by atomic mass is 79.9. The number of nitrogens with two attached hydrogens (primary N) is 1. The summed E-state index contributed by atoms with van der Waals surface area (Å²) >= 11 is 3.26. The van der Waals surface area contributed by atoms with Crippen molar-refractivity contribution in [3.8, 4) is 0 Å². The smallest absolute Gasteiger partial charge is 0.251 e. The van der Waals surface area contributed by atoms with E-state index in [-0.39, 0.29) is 18.0 Å². The number of rotatable bonds is 3. The molecule has 0 saturated carbocycles. The molecule has 0 fully saturated rings. The number of carbonyl (C=O) groups excluding carboxylic acids is 1. The lowest BCUT2D eigenvalue weighted by molar-refractivity contribution is -0.116. The Kier molecular flexibility index (Phi) is 4.01. The van der Waals surface area contributed by atoms with E-state index in [0.29, 0.717) is 11.4 Å². The molecule has 2 rings (SSSR count). The lowest BCUT2D eigenvalue weighted by atomic mass is 10.3. The largest absolute Gasteiger partial charge is 0.399 e. The number of pyridine rings is 1. The Bertz CT molecular complexity index is 650. The molecule has 1 aromatic carbocycles. The molecular weight excluding hydrogens is 310 g/mol. The first-order chi connectivity index (χ1) is 9.04. The summed E-state index contributed by atoms with van der Waals surface area (Å²) in [5, 5.41) is 2.69. The van der Waals surface area contributed by atoms with Crippen molar-refractivity contribution in [2.75, 3.05) is 11.1 Å². The van der Waals surface area contributed by atoms with Crippen molar-refractivity contribution in [3.63, 3.8) is 0 Å². The summed E-state index contributed by atoms with van der Waals surface area (Å²) in [6.45, 7) is -0.0390. The van der Waals surface area contributed by atoms with Gasteiger partial charge in [0.15, 0.2) is 0 Å². The Morgan fingerprint density at radius 2 is 1.89 bits per heavy atom. The lowest BCUT2D eigenvalue weighted by Gasteiger charge is -2.07. The topological polar surface area (TPSA) is 77.1 Å². The summed E-state index contributed by atoms with van der Waals surface area (Å²) in [6.07, 6.45) is 1.57. The maximum atomic E-state index is 11.8. The number of nitrogens with one attached hydrogen (secondary N) is 1. The number of anilines is 2. The van der Waals surface area contributed by atoms with E-state index < -0.39 is 0 Å². The molecule has 0 aliphatic carbocycles. The van der Waals surface area contributed by atoms with E-state index in [9.17, 15) is 9.59 Å². The van der Waals surface area contributed by atoms with E-state index in [1.807, 2.05) is 0 Å². The molecule has 1 aromatic heterocycles. The van der Waals surface area contributed by atoms with Gasteiger partial charge >= 0.3 is 0 Å². The van der Waals surface area contributed by atoms with Gasteiger partial charge in [-0.2, -0.15) is 0 Å². The van der Waals surface area contributed by atoms with Crippen LogP contribution in [-0.4, -0.2) is 10.5 Å². The minimum absolute atomic E-state index is 0.0390. The second kappa shape index (κ2) is 5.71. The van der Waals surface area contributed by atoms with Crippen molar-refractivity contribution in [2.45, 2.75) is 6.54 Å². The molecule has 1 amide bonds. The van der Waals surface area contributed by atoms with Gasteiger partial charge in [-0.1, -0.05) is 0 Å². The number of carbonyl (C=O) groups is 1. The maximum absolute atomic E-state index is 11.8.